The number of halogens is 1. The van der Waals surface area contributed by atoms with Crippen LogP contribution in [0.4, 0.5) is 0 Å². The number of guanidine groups is 1. The van der Waals surface area contributed by atoms with Gasteiger partial charge in [0.2, 0.25) is 0 Å². The van der Waals surface area contributed by atoms with Crippen LogP contribution in [0.1, 0.15) is 24.8 Å². The van der Waals surface area contributed by atoms with Gasteiger partial charge in [-0.15, -0.1) is 24.0 Å². The molecular formula is C19H32IN3O3S. The molecule has 1 aromatic rings. The van der Waals surface area contributed by atoms with E-state index < -0.39 is 0 Å². The molecule has 0 radical (unpaired) electrons. The lowest BCUT2D eigenvalue weighted by Gasteiger charge is -2.19. The van der Waals surface area contributed by atoms with Crippen molar-refractivity contribution < 1.29 is 14.2 Å². The third-order valence-electron chi connectivity index (χ3n) is 4.77. The third kappa shape index (κ3) is 6.81. The van der Waals surface area contributed by atoms with Crippen LogP contribution in [0.5, 0.6) is 17.2 Å². The summed E-state index contributed by atoms with van der Waals surface area (Å²) >= 11 is 1.96. The predicted octanol–water partition coefficient (Wildman–Crippen LogP) is 3.32. The van der Waals surface area contributed by atoms with E-state index in [9.17, 15) is 0 Å². The Labute approximate surface area is 184 Å². The Bertz CT molecular complexity index is 591. The first kappa shape index (κ1) is 24.0. The zero-order valence-electron chi connectivity index (χ0n) is 16.8. The maximum atomic E-state index is 5.51. The molecule has 2 atom stereocenters. The van der Waals surface area contributed by atoms with Crippen LogP contribution in [0, 0.1) is 0 Å². The van der Waals surface area contributed by atoms with Gasteiger partial charge >= 0.3 is 0 Å². The lowest BCUT2D eigenvalue weighted by Crippen LogP contribution is -2.43. The first-order chi connectivity index (χ1) is 12.6. The Morgan fingerprint density at radius 2 is 1.81 bits per heavy atom. The fourth-order valence-corrected chi connectivity index (χ4v) is 4.10. The fourth-order valence-electron chi connectivity index (χ4n) is 3.30. The molecule has 0 bridgehead atoms. The Morgan fingerprint density at radius 3 is 2.30 bits per heavy atom. The molecule has 27 heavy (non-hydrogen) atoms. The van der Waals surface area contributed by atoms with Crippen LogP contribution < -0.4 is 24.8 Å². The van der Waals surface area contributed by atoms with Gasteiger partial charge in [0.15, 0.2) is 5.96 Å². The van der Waals surface area contributed by atoms with E-state index in [2.05, 4.69) is 21.9 Å². The first-order valence-electron chi connectivity index (χ1n) is 8.94. The van der Waals surface area contributed by atoms with Gasteiger partial charge < -0.3 is 24.8 Å². The average molecular weight is 509 g/mol. The molecule has 1 aromatic carbocycles. The summed E-state index contributed by atoms with van der Waals surface area (Å²) in [6.45, 7) is 0.734. The summed E-state index contributed by atoms with van der Waals surface area (Å²) in [6.07, 6.45) is 6.62. The van der Waals surface area contributed by atoms with Crippen molar-refractivity contribution in [2.75, 3.05) is 41.2 Å². The summed E-state index contributed by atoms with van der Waals surface area (Å²) in [4.78, 5) is 4.35. The number of aliphatic imine (C=N–C) groups is 1. The average Bonchev–Trinajstić information content (AvgIpc) is 3.14. The molecule has 6 nitrogen and oxygen atoms in total. The van der Waals surface area contributed by atoms with Crippen LogP contribution in [0.3, 0.4) is 0 Å². The second kappa shape index (κ2) is 12.4. The fraction of sp³-hybridized carbons (Fsp3) is 0.632. The lowest BCUT2D eigenvalue weighted by molar-refractivity contribution is 0.368. The van der Waals surface area contributed by atoms with Gasteiger partial charge in [0, 0.05) is 42.6 Å². The number of nitrogens with one attached hydrogen (secondary N) is 2. The second-order valence-electron chi connectivity index (χ2n) is 6.27. The van der Waals surface area contributed by atoms with Crippen molar-refractivity contribution in [1.82, 2.24) is 10.6 Å². The highest BCUT2D eigenvalue weighted by molar-refractivity contribution is 14.0. The van der Waals surface area contributed by atoms with Gasteiger partial charge in [-0.1, -0.05) is 0 Å². The van der Waals surface area contributed by atoms with Gasteiger partial charge in [-0.2, -0.15) is 11.8 Å². The molecule has 0 heterocycles. The van der Waals surface area contributed by atoms with Crippen LogP contribution in [0.25, 0.3) is 0 Å². The molecule has 0 spiro atoms. The summed E-state index contributed by atoms with van der Waals surface area (Å²) in [7, 11) is 6.77. The van der Waals surface area contributed by atoms with Crippen molar-refractivity contribution in [2.45, 2.75) is 37.0 Å². The van der Waals surface area contributed by atoms with Crippen LogP contribution in [-0.4, -0.2) is 58.4 Å². The third-order valence-corrected chi connectivity index (χ3v) is 5.86. The lowest BCUT2D eigenvalue weighted by atomic mass is 10.1. The summed E-state index contributed by atoms with van der Waals surface area (Å²) in [5, 5.41) is 7.70. The van der Waals surface area contributed by atoms with Crippen LogP contribution in [0.15, 0.2) is 17.1 Å². The molecule has 0 aliphatic heterocycles. The Morgan fingerprint density at radius 1 is 1.15 bits per heavy atom. The molecule has 2 rings (SSSR count). The normalized spacial score (nSPS) is 19.2. The molecule has 1 saturated carbocycles. The minimum absolute atomic E-state index is 0. The Balaban J connectivity index is 0.00000364. The highest BCUT2D eigenvalue weighted by Crippen LogP contribution is 2.34. The number of thioether (sulfide) groups is 1. The number of hydrogen-bond acceptors (Lipinski definition) is 5. The zero-order chi connectivity index (χ0) is 18.9. The Hall–Kier alpha value is -1.03. The van der Waals surface area contributed by atoms with Gasteiger partial charge in [-0.3, -0.25) is 4.99 Å². The van der Waals surface area contributed by atoms with Crippen LogP contribution >= 0.6 is 35.7 Å². The van der Waals surface area contributed by atoms with E-state index >= 15 is 0 Å². The van der Waals surface area contributed by atoms with E-state index in [0.29, 0.717) is 6.04 Å². The number of methoxy groups -OCH3 is 3. The smallest absolute Gasteiger partial charge is 0.191 e. The minimum Gasteiger partial charge on any atom is -0.496 e. The minimum atomic E-state index is 0. The summed E-state index contributed by atoms with van der Waals surface area (Å²) in [5.74, 6) is 3.11. The highest BCUT2D eigenvalue weighted by atomic mass is 127. The number of ether oxygens (including phenoxy) is 3. The number of rotatable bonds is 8. The van der Waals surface area contributed by atoms with E-state index in [-0.39, 0.29) is 24.0 Å². The van der Waals surface area contributed by atoms with Crippen molar-refractivity contribution in [1.29, 1.82) is 0 Å². The molecule has 0 saturated heterocycles. The summed E-state index contributed by atoms with van der Waals surface area (Å²) in [5.41, 5.74) is 1.02. The zero-order valence-corrected chi connectivity index (χ0v) is 20.0. The van der Waals surface area contributed by atoms with Gasteiger partial charge in [0.25, 0.3) is 0 Å². The largest absolute Gasteiger partial charge is 0.496 e. The molecule has 2 unspecified atom stereocenters. The standard InChI is InChI=1S/C19H31N3O3S.HI/c1-20-19(22-13-6-7-15(10-13)26-5)21-9-8-16-17(24-3)11-14(23-2)12-18(16)25-4;/h11-13,15H,6-10H2,1-5H3,(H2,20,21,22);1H. The SMILES string of the molecule is CN=C(NCCc1c(OC)cc(OC)cc1OC)NC1CCC(SC)C1.I. The number of nitrogens with zero attached hydrogens (tertiary/aromatic N) is 1. The molecule has 1 aliphatic carbocycles. The molecule has 2 N–H and O–H groups in total. The molecule has 8 heteroatoms. The van der Waals surface area contributed by atoms with E-state index in [1.54, 1.807) is 21.3 Å². The maximum Gasteiger partial charge on any atom is 0.191 e. The predicted molar refractivity (Wildman–Crippen MR) is 125 cm³/mol. The molecule has 0 amide bonds. The highest BCUT2D eigenvalue weighted by Gasteiger charge is 2.24. The molecule has 0 aromatic heterocycles. The van der Waals surface area contributed by atoms with Crippen LogP contribution in [-0.2, 0) is 6.42 Å². The monoisotopic (exact) mass is 509 g/mol. The van der Waals surface area contributed by atoms with Gasteiger partial charge in [-0.25, -0.2) is 0 Å². The van der Waals surface area contributed by atoms with E-state index in [4.69, 9.17) is 14.2 Å². The van der Waals surface area contributed by atoms with Gasteiger partial charge in [-0.05, 0) is 31.9 Å². The molecular weight excluding hydrogens is 477 g/mol. The summed E-state index contributed by atoms with van der Waals surface area (Å²) < 4.78 is 16.3. The number of benzene rings is 1. The topological polar surface area (TPSA) is 64.1 Å². The van der Waals surface area contributed by atoms with Crippen molar-refractivity contribution in [3.05, 3.63) is 17.7 Å². The molecule has 1 aliphatic rings. The second-order valence-corrected chi connectivity index (χ2v) is 7.41. The Kier molecular flexibility index (Phi) is 11.1. The van der Waals surface area contributed by atoms with Crippen molar-refractivity contribution in [3.63, 3.8) is 0 Å². The van der Waals surface area contributed by atoms with Crippen molar-refractivity contribution in [2.24, 2.45) is 4.99 Å². The van der Waals surface area contributed by atoms with E-state index in [0.717, 1.165) is 47.0 Å². The van der Waals surface area contributed by atoms with E-state index in [1.807, 2.05) is 30.9 Å². The van der Waals surface area contributed by atoms with Gasteiger partial charge in [0.05, 0.1) is 21.3 Å². The summed E-state index contributed by atoms with van der Waals surface area (Å²) in [6, 6.07) is 4.27. The quantitative estimate of drug-likeness (QED) is 0.319. The molecule has 1 fully saturated rings. The maximum absolute atomic E-state index is 5.51. The van der Waals surface area contributed by atoms with Crippen LogP contribution in [0.2, 0.25) is 0 Å². The van der Waals surface area contributed by atoms with Crippen molar-refractivity contribution >= 4 is 41.7 Å². The van der Waals surface area contributed by atoms with E-state index in [1.165, 1.54) is 19.3 Å². The first-order valence-corrected chi connectivity index (χ1v) is 10.2. The molecule has 154 valence electrons. The number of hydrogen-bond donors (Lipinski definition) is 2. The van der Waals surface area contributed by atoms with Gasteiger partial charge in [0.1, 0.15) is 17.2 Å². The van der Waals surface area contributed by atoms with Crippen molar-refractivity contribution in [3.8, 4) is 17.2 Å².